The molecule has 0 aromatic heterocycles. The first kappa shape index (κ1) is 13.4. The number of benzene rings is 1. The third-order valence-electron chi connectivity index (χ3n) is 3.22. The van der Waals surface area contributed by atoms with E-state index in [0.29, 0.717) is 12.5 Å². The molecule has 18 heavy (non-hydrogen) atoms. The molecule has 0 aliphatic heterocycles. The molecule has 1 fully saturated rings. The highest BCUT2D eigenvalue weighted by atomic mass is 79.9. The Morgan fingerprint density at radius 1 is 1.56 bits per heavy atom. The topological polar surface area (TPSA) is 47.3 Å². The van der Waals surface area contributed by atoms with Crippen LogP contribution in [0.3, 0.4) is 0 Å². The summed E-state index contributed by atoms with van der Waals surface area (Å²) in [5.41, 5.74) is 2.03. The van der Waals surface area contributed by atoms with Crippen LogP contribution in [0.15, 0.2) is 22.7 Å². The van der Waals surface area contributed by atoms with Gasteiger partial charge in [-0.1, -0.05) is 6.07 Å². The maximum atomic E-state index is 9.56. The van der Waals surface area contributed by atoms with Gasteiger partial charge in [0.2, 0.25) is 0 Å². The first-order chi connectivity index (χ1) is 8.63. The van der Waals surface area contributed by atoms with Crippen molar-refractivity contribution in [3.05, 3.63) is 28.2 Å². The Balaban J connectivity index is 2.22. The number of nitrogens with zero attached hydrogens (tertiary/aromatic N) is 2. The Bertz CT molecular complexity index is 463. The zero-order valence-corrected chi connectivity index (χ0v) is 12.0. The molecule has 0 saturated heterocycles. The van der Waals surface area contributed by atoms with Crippen molar-refractivity contribution in [2.75, 3.05) is 11.4 Å². The van der Waals surface area contributed by atoms with Gasteiger partial charge in [-0.05, 0) is 53.4 Å². The molecule has 1 aliphatic carbocycles. The lowest BCUT2D eigenvalue weighted by Crippen LogP contribution is -2.27. The Morgan fingerprint density at radius 3 is 2.78 bits per heavy atom. The summed E-state index contributed by atoms with van der Waals surface area (Å²) in [4.78, 5) is 2.29. The van der Waals surface area contributed by atoms with Gasteiger partial charge in [0.15, 0.2) is 0 Å². The van der Waals surface area contributed by atoms with Crippen molar-refractivity contribution in [1.82, 2.24) is 0 Å². The first-order valence-corrected chi connectivity index (χ1v) is 7.04. The van der Waals surface area contributed by atoms with Gasteiger partial charge in [0.05, 0.1) is 24.3 Å². The summed E-state index contributed by atoms with van der Waals surface area (Å²) in [6.07, 6.45) is 2.50. The quantitative estimate of drug-likeness (QED) is 0.907. The Labute approximate surface area is 116 Å². The third kappa shape index (κ3) is 3.04. The standard InChI is InChI=1S/C14H17BrN2O/c1-10(18)11-3-6-14(13(15)9-11)17(8-2-7-16)12-4-5-12/h3,6,9-10,12,18H,2,4-5,8H2,1H3. The monoisotopic (exact) mass is 308 g/mol. The van der Waals surface area contributed by atoms with Crippen molar-refractivity contribution in [3.8, 4) is 6.07 Å². The van der Waals surface area contributed by atoms with Crippen LogP contribution in [-0.4, -0.2) is 17.7 Å². The maximum Gasteiger partial charge on any atom is 0.0762 e. The van der Waals surface area contributed by atoms with Gasteiger partial charge in [-0.3, -0.25) is 0 Å². The van der Waals surface area contributed by atoms with Crippen molar-refractivity contribution >= 4 is 21.6 Å². The summed E-state index contributed by atoms with van der Waals surface area (Å²) in [5.74, 6) is 0. The molecule has 1 N–H and O–H groups in total. The highest BCUT2D eigenvalue weighted by molar-refractivity contribution is 9.10. The minimum atomic E-state index is -0.455. The first-order valence-electron chi connectivity index (χ1n) is 6.24. The third-order valence-corrected chi connectivity index (χ3v) is 3.85. The van der Waals surface area contributed by atoms with E-state index in [0.717, 1.165) is 22.3 Å². The van der Waals surface area contributed by atoms with E-state index in [2.05, 4.69) is 26.9 Å². The highest BCUT2D eigenvalue weighted by Crippen LogP contribution is 2.37. The van der Waals surface area contributed by atoms with Crippen LogP contribution in [0.2, 0.25) is 0 Å². The van der Waals surface area contributed by atoms with E-state index in [9.17, 15) is 5.11 Å². The van der Waals surface area contributed by atoms with Crippen molar-refractivity contribution in [2.45, 2.75) is 38.3 Å². The van der Waals surface area contributed by atoms with Crippen LogP contribution < -0.4 is 4.90 Å². The minimum absolute atomic E-state index is 0.455. The molecule has 0 radical (unpaired) electrons. The molecule has 3 nitrogen and oxygen atoms in total. The zero-order valence-electron chi connectivity index (χ0n) is 10.4. The van der Waals surface area contributed by atoms with Crippen LogP contribution >= 0.6 is 15.9 Å². The minimum Gasteiger partial charge on any atom is -0.389 e. The molecule has 96 valence electrons. The normalized spacial score (nSPS) is 16.1. The number of halogens is 1. The summed E-state index contributed by atoms with van der Waals surface area (Å²) < 4.78 is 0.991. The van der Waals surface area contributed by atoms with E-state index in [-0.39, 0.29) is 0 Å². The van der Waals surface area contributed by atoms with Crippen molar-refractivity contribution in [1.29, 1.82) is 5.26 Å². The number of hydrogen-bond acceptors (Lipinski definition) is 3. The molecule has 1 saturated carbocycles. The van der Waals surface area contributed by atoms with Gasteiger partial charge in [-0.2, -0.15) is 5.26 Å². The molecule has 1 aromatic carbocycles. The van der Waals surface area contributed by atoms with Crippen LogP contribution in [0.4, 0.5) is 5.69 Å². The Hall–Kier alpha value is -1.05. The lowest BCUT2D eigenvalue weighted by molar-refractivity contribution is 0.199. The van der Waals surface area contributed by atoms with Gasteiger partial charge < -0.3 is 10.0 Å². The van der Waals surface area contributed by atoms with E-state index in [1.165, 1.54) is 12.8 Å². The molecule has 0 spiro atoms. The molecule has 0 amide bonds. The van der Waals surface area contributed by atoms with Gasteiger partial charge in [0, 0.05) is 17.1 Å². The number of rotatable bonds is 5. The summed E-state index contributed by atoms with van der Waals surface area (Å²) in [6, 6.07) is 8.72. The second kappa shape index (κ2) is 5.73. The molecule has 0 heterocycles. The number of anilines is 1. The fourth-order valence-corrected chi connectivity index (χ4v) is 2.70. The van der Waals surface area contributed by atoms with E-state index >= 15 is 0 Å². The highest BCUT2D eigenvalue weighted by Gasteiger charge is 2.29. The average Bonchev–Trinajstić information content (AvgIpc) is 3.15. The lowest BCUT2D eigenvalue weighted by atomic mass is 10.1. The van der Waals surface area contributed by atoms with Gasteiger partial charge >= 0.3 is 0 Å². The van der Waals surface area contributed by atoms with Crippen LogP contribution in [-0.2, 0) is 0 Å². The van der Waals surface area contributed by atoms with E-state index in [4.69, 9.17) is 5.26 Å². The smallest absolute Gasteiger partial charge is 0.0762 e. The summed E-state index contributed by atoms with van der Waals surface area (Å²) >= 11 is 3.57. The molecule has 1 aliphatic rings. The maximum absolute atomic E-state index is 9.56. The number of hydrogen-bond donors (Lipinski definition) is 1. The van der Waals surface area contributed by atoms with Crippen molar-refractivity contribution < 1.29 is 5.11 Å². The Kier molecular flexibility index (Phi) is 4.26. The molecule has 1 aromatic rings. The van der Waals surface area contributed by atoms with Crippen LogP contribution in [0.25, 0.3) is 0 Å². The van der Waals surface area contributed by atoms with E-state index < -0.39 is 6.10 Å². The molecule has 0 bridgehead atoms. The molecular formula is C14H17BrN2O. The van der Waals surface area contributed by atoms with Crippen LogP contribution in [0.1, 0.15) is 37.9 Å². The van der Waals surface area contributed by atoms with E-state index in [1.54, 1.807) is 6.92 Å². The van der Waals surface area contributed by atoms with Crippen molar-refractivity contribution in [3.63, 3.8) is 0 Å². The van der Waals surface area contributed by atoms with E-state index in [1.807, 2.05) is 18.2 Å². The summed E-state index contributed by atoms with van der Waals surface area (Å²) in [6.45, 7) is 2.53. The van der Waals surface area contributed by atoms with Gasteiger partial charge in [-0.15, -0.1) is 0 Å². The summed E-state index contributed by atoms with van der Waals surface area (Å²) in [5, 5.41) is 18.3. The second-order valence-corrected chi connectivity index (χ2v) is 5.57. The molecule has 1 unspecified atom stereocenters. The molecule has 1 atom stereocenters. The largest absolute Gasteiger partial charge is 0.389 e. The average molecular weight is 309 g/mol. The SMILES string of the molecule is CC(O)c1ccc(N(CCC#N)C2CC2)c(Br)c1. The summed E-state index contributed by atoms with van der Waals surface area (Å²) in [7, 11) is 0. The number of nitriles is 1. The molecular weight excluding hydrogens is 292 g/mol. The van der Waals surface area contributed by atoms with Crippen LogP contribution in [0.5, 0.6) is 0 Å². The van der Waals surface area contributed by atoms with Gasteiger partial charge in [-0.25, -0.2) is 0 Å². The lowest BCUT2D eigenvalue weighted by Gasteiger charge is -2.25. The number of aliphatic hydroxyl groups is 1. The second-order valence-electron chi connectivity index (χ2n) is 4.72. The zero-order chi connectivity index (χ0) is 13.1. The van der Waals surface area contributed by atoms with Crippen LogP contribution in [0, 0.1) is 11.3 Å². The molecule has 2 rings (SSSR count). The molecule has 4 heteroatoms. The fraction of sp³-hybridized carbons (Fsp3) is 0.500. The predicted octanol–water partition coefficient (Wildman–Crippen LogP) is 3.38. The van der Waals surface area contributed by atoms with Gasteiger partial charge in [0.25, 0.3) is 0 Å². The van der Waals surface area contributed by atoms with Gasteiger partial charge in [0.1, 0.15) is 0 Å². The fourth-order valence-electron chi connectivity index (χ4n) is 2.07. The number of aliphatic hydroxyl groups excluding tert-OH is 1. The predicted molar refractivity (Wildman–Crippen MR) is 75.4 cm³/mol. The van der Waals surface area contributed by atoms with Crippen molar-refractivity contribution in [2.24, 2.45) is 0 Å². The Morgan fingerprint density at radius 2 is 2.28 bits per heavy atom.